The number of hydrogen-bond donors (Lipinski definition) is 1. The van der Waals surface area contributed by atoms with Crippen LogP contribution in [-0.4, -0.2) is 25.1 Å². The standard InChI is InChI=1S/C17H17BrN4O2/c18-16-15(24-10-13-3-1-2-12(9-23)19-13)7-6-14-17(16)20-21-22(14)8-11-4-5-11/h1-3,6-7,11,23H,4-5,8-10H2. The van der Waals surface area contributed by atoms with Gasteiger partial charge < -0.3 is 9.84 Å². The number of aromatic nitrogens is 4. The van der Waals surface area contributed by atoms with Gasteiger partial charge >= 0.3 is 0 Å². The predicted molar refractivity (Wildman–Crippen MR) is 92.4 cm³/mol. The van der Waals surface area contributed by atoms with Gasteiger partial charge in [0.25, 0.3) is 0 Å². The number of ether oxygens (including phenoxy) is 1. The maximum Gasteiger partial charge on any atom is 0.136 e. The van der Waals surface area contributed by atoms with Crippen molar-refractivity contribution < 1.29 is 9.84 Å². The summed E-state index contributed by atoms with van der Waals surface area (Å²) in [6, 6.07) is 9.44. The number of fused-ring (bicyclic) bond motifs is 1. The smallest absolute Gasteiger partial charge is 0.136 e. The van der Waals surface area contributed by atoms with Crippen LogP contribution in [0.2, 0.25) is 0 Å². The molecule has 0 bridgehead atoms. The Bertz CT molecular complexity index is 876. The SMILES string of the molecule is OCc1cccc(COc2ccc3c(nnn3CC3CC3)c2Br)n1. The van der Waals surface area contributed by atoms with E-state index in [2.05, 4.69) is 31.2 Å². The van der Waals surface area contributed by atoms with Crippen LogP contribution in [0.3, 0.4) is 0 Å². The molecule has 24 heavy (non-hydrogen) atoms. The first-order valence-corrected chi connectivity index (χ1v) is 8.74. The van der Waals surface area contributed by atoms with Gasteiger partial charge in [-0.3, -0.25) is 4.98 Å². The minimum atomic E-state index is -0.0758. The lowest BCUT2D eigenvalue weighted by Crippen LogP contribution is -2.02. The average molecular weight is 389 g/mol. The van der Waals surface area contributed by atoms with Gasteiger partial charge in [0.1, 0.15) is 17.9 Å². The molecule has 1 aliphatic carbocycles. The van der Waals surface area contributed by atoms with Crippen molar-refractivity contribution in [3.05, 3.63) is 46.2 Å². The van der Waals surface area contributed by atoms with Gasteiger partial charge in [0.15, 0.2) is 0 Å². The molecule has 0 aliphatic heterocycles. The van der Waals surface area contributed by atoms with Crippen LogP contribution in [0.15, 0.2) is 34.8 Å². The Morgan fingerprint density at radius 2 is 2.04 bits per heavy atom. The number of aliphatic hydroxyl groups excluding tert-OH is 1. The summed E-state index contributed by atoms with van der Waals surface area (Å²) in [5.74, 6) is 1.45. The molecule has 124 valence electrons. The van der Waals surface area contributed by atoms with Crippen molar-refractivity contribution in [2.75, 3.05) is 0 Å². The van der Waals surface area contributed by atoms with Crippen molar-refractivity contribution in [3.63, 3.8) is 0 Å². The van der Waals surface area contributed by atoms with Crippen LogP contribution in [0, 0.1) is 5.92 Å². The Kier molecular flexibility index (Phi) is 4.20. The van der Waals surface area contributed by atoms with E-state index in [0.717, 1.165) is 33.7 Å². The molecule has 0 atom stereocenters. The number of nitrogens with zero attached hydrogens (tertiary/aromatic N) is 4. The molecular weight excluding hydrogens is 372 g/mol. The maximum absolute atomic E-state index is 9.15. The van der Waals surface area contributed by atoms with E-state index in [1.54, 1.807) is 6.07 Å². The quantitative estimate of drug-likeness (QED) is 0.702. The molecule has 7 heteroatoms. The lowest BCUT2D eigenvalue weighted by Gasteiger charge is -2.09. The van der Waals surface area contributed by atoms with Crippen LogP contribution in [-0.2, 0) is 19.8 Å². The molecule has 6 nitrogen and oxygen atoms in total. The number of benzene rings is 1. The minimum absolute atomic E-state index is 0.0758. The summed E-state index contributed by atoms with van der Waals surface area (Å²) < 4.78 is 8.64. The number of aliphatic hydroxyl groups is 1. The zero-order valence-corrected chi connectivity index (χ0v) is 14.6. The lowest BCUT2D eigenvalue weighted by molar-refractivity contribution is 0.272. The first-order valence-electron chi connectivity index (χ1n) is 7.95. The zero-order valence-electron chi connectivity index (χ0n) is 13.0. The van der Waals surface area contributed by atoms with Crippen LogP contribution in [0.25, 0.3) is 11.0 Å². The molecule has 1 saturated carbocycles. The van der Waals surface area contributed by atoms with Crippen LogP contribution in [0.1, 0.15) is 24.2 Å². The molecule has 0 radical (unpaired) electrons. The first-order chi connectivity index (χ1) is 11.7. The van der Waals surface area contributed by atoms with Crippen molar-refractivity contribution in [1.29, 1.82) is 0 Å². The van der Waals surface area contributed by atoms with Crippen LogP contribution in [0.5, 0.6) is 5.75 Å². The van der Waals surface area contributed by atoms with E-state index in [1.165, 1.54) is 12.8 Å². The summed E-state index contributed by atoms with van der Waals surface area (Å²) in [7, 11) is 0. The van der Waals surface area contributed by atoms with Gasteiger partial charge in [-0.1, -0.05) is 11.3 Å². The highest BCUT2D eigenvalue weighted by molar-refractivity contribution is 9.10. The molecule has 1 aromatic carbocycles. The Hall–Kier alpha value is -1.99. The normalized spacial score (nSPS) is 14.2. The summed E-state index contributed by atoms with van der Waals surface area (Å²) in [6.07, 6.45) is 2.56. The summed E-state index contributed by atoms with van der Waals surface area (Å²) in [4.78, 5) is 4.32. The van der Waals surface area contributed by atoms with Crippen molar-refractivity contribution in [2.24, 2.45) is 5.92 Å². The van der Waals surface area contributed by atoms with E-state index in [-0.39, 0.29) is 6.61 Å². The fourth-order valence-electron chi connectivity index (χ4n) is 2.63. The summed E-state index contributed by atoms with van der Waals surface area (Å²) in [6.45, 7) is 1.18. The van der Waals surface area contributed by atoms with E-state index < -0.39 is 0 Å². The van der Waals surface area contributed by atoms with Gasteiger partial charge in [-0.05, 0) is 59.0 Å². The fourth-order valence-corrected chi connectivity index (χ4v) is 3.16. The van der Waals surface area contributed by atoms with Crippen LogP contribution in [0.4, 0.5) is 0 Å². The van der Waals surface area contributed by atoms with Crippen molar-refractivity contribution >= 4 is 27.0 Å². The molecule has 1 aliphatic rings. The van der Waals surface area contributed by atoms with E-state index >= 15 is 0 Å². The maximum atomic E-state index is 9.15. The molecule has 0 spiro atoms. The highest BCUT2D eigenvalue weighted by atomic mass is 79.9. The third-order valence-electron chi connectivity index (χ3n) is 4.12. The predicted octanol–water partition coefficient (Wildman–Crippen LogP) is 3.07. The molecule has 2 aromatic heterocycles. The number of pyridine rings is 1. The lowest BCUT2D eigenvalue weighted by atomic mass is 10.3. The molecule has 2 heterocycles. The molecule has 3 aromatic rings. The summed E-state index contributed by atoms with van der Waals surface area (Å²) in [5.41, 5.74) is 3.23. The zero-order chi connectivity index (χ0) is 16.5. The third kappa shape index (κ3) is 3.14. The van der Waals surface area contributed by atoms with Gasteiger partial charge in [0, 0.05) is 6.54 Å². The molecule has 1 N–H and O–H groups in total. The Morgan fingerprint density at radius 3 is 2.83 bits per heavy atom. The molecule has 0 unspecified atom stereocenters. The first kappa shape index (κ1) is 15.5. The third-order valence-corrected chi connectivity index (χ3v) is 4.89. The number of hydrogen-bond acceptors (Lipinski definition) is 5. The topological polar surface area (TPSA) is 73.1 Å². The van der Waals surface area contributed by atoms with Gasteiger partial charge in [-0.25, -0.2) is 4.68 Å². The highest BCUT2D eigenvalue weighted by Crippen LogP contribution is 2.35. The van der Waals surface area contributed by atoms with E-state index in [0.29, 0.717) is 18.1 Å². The van der Waals surface area contributed by atoms with E-state index in [9.17, 15) is 0 Å². The second-order valence-corrected chi connectivity index (χ2v) is 6.82. The highest BCUT2D eigenvalue weighted by Gasteiger charge is 2.23. The van der Waals surface area contributed by atoms with Crippen LogP contribution < -0.4 is 4.74 Å². The van der Waals surface area contributed by atoms with Crippen LogP contribution >= 0.6 is 15.9 Å². The Morgan fingerprint density at radius 1 is 1.21 bits per heavy atom. The average Bonchev–Trinajstić information content (AvgIpc) is 3.33. The molecule has 0 amide bonds. The van der Waals surface area contributed by atoms with Crippen molar-refractivity contribution in [3.8, 4) is 5.75 Å². The van der Waals surface area contributed by atoms with E-state index in [4.69, 9.17) is 9.84 Å². The largest absolute Gasteiger partial charge is 0.486 e. The monoisotopic (exact) mass is 388 g/mol. The van der Waals surface area contributed by atoms with Crippen molar-refractivity contribution in [1.82, 2.24) is 20.0 Å². The van der Waals surface area contributed by atoms with Gasteiger partial charge in [0.2, 0.25) is 0 Å². The molecular formula is C17H17BrN4O2. The Labute approximate surface area is 147 Å². The molecule has 0 saturated heterocycles. The number of rotatable bonds is 6. The molecule has 1 fully saturated rings. The minimum Gasteiger partial charge on any atom is -0.486 e. The Balaban J connectivity index is 1.54. The van der Waals surface area contributed by atoms with Gasteiger partial charge in [0.05, 0.1) is 28.0 Å². The van der Waals surface area contributed by atoms with Crippen molar-refractivity contribution in [2.45, 2.75) is 32.6 Å². The molecule has 4 rings (SSSR count). The second kappa shape index (κ2) is 6.49. The summed E-state index contributed by atoms with van der Waals surface area (Å²) in [5, 5.41) is 17.7. The van der Waals surface area contributed by atoms with E-state index in [1.807, 2.05) is 28.9 Å². The van der Waals surface area contributed by atoms with Gasteiger partial charge in [-0.2, -0.15) is 0 Å². The fraction of sp³-hybridized carbons (Fsp3) is 0.353. The number of halogens is 1. The second-order valence-electron chi connectivity index (χ2n) is 6.03. The summed E-state index contributed by atoms with van der Waals surface area (Å²) >= 11 is 3.58. The van der Waals surface area contributed by atoms with Gasteiger partial charge in [-0.15, -0.1) is 5.10 Å².